The third kappa shape index (κ3) is 4.38. The van der Waals surface area contributed by atoms with Crippen LogP contribution in [0.25, 0.3) is 17.0 Å². The fourth-order valence-corrected chi connectivity index (χ4v) is 3.56. The first-order valence-corrected chi connectivity index (χ1v) is 9.48. The number of rotatable bonds is 4. The van der Waals surface area contributed by atoms with Crippen LogP contribution in [0.2, 0.25) is 5.02 Å². The maximum absolute atomic E-state index is 9.97. The number of aromatic nitrogens is 1. The second kappa shape index (κ2) is 7.95. The van der Waals surface area contributed by atoms with Crippen molar-refractivity contribution in [3.63, 3.8) is 0 Å². The van der Waals surface area contributed by atoms with Crippen LogP contribution in [0.5, 0.6) is 5.75 Å². The van der Waals surface area contributed by atoms with Crippen LogP contribution in [0.15, 0.2) is 72.3 Å². The molecule has 2 heterocycles. The first-order chi connectivity index (χ1) is 13.2. The molecule has 0 spiro atoms. The molecule has 4 rings (SSSR count). The van der Waals surface area contributed by atoms with Gasteiger partial charge in [-0.2, -0.15) is 0 Å². The molecule has 1 aliphatic rings. The van der Waals surface area contributed by atoms with E-state index in [9.17, 15) is 5.11 Å². The van der Waals surface area contributed by atoms with Crippen molar-refractivity contribution in [2.45, 2.75) is 13.0 Å². The number of pyridine rings is 1. The zero-order valence-electron chi connectivity index (χ0n) is 15.0. The topological polar surface area (TPSA) is 36.4 Å². The number of phenols is 1. The largest absolute Gasteiger partial charge is 0.506 e. The van der Waals surface area contributed by atoms with E-state index in [-0.39, 0.29) is 5.75 Å². The fourth-order valence-electron chi connectivity index (χ4n) is 3.35. The van der Waals surface area contributed by atoms with Crippen LogP contribution in [0.1, 0.15) is 17.7 Å². The fraction of sp³-hybridized carbons (Fsp3) is 0.174. The molecule has 1 aromatic heterocycles. The Morgan fingerprint density at radius 1 is 1.07 bits per heavy atom. The summed E-state index contributed by atoms with van der Waals surface area (Å²) in [6, 6.07) is 17.5. The van der Waals surface area contributed by atoms with Crippen molar-refractivity contribution >= 4 is 28.6 Å². The number of aromatic hydroxyl groups is 1. The lowest BCUT2D eigenvalue weighted by Crippen LogP contribution is -2.28. The smallest absolute Gasteiger partial charge is 0.141 e. The Morgan fingerprint density at radius 3 is 2.78 bits per heavy atom. The van der Waals surface area contributed by atoms with Crippen molar-refractivity contribution in [3.8, 4) is 5.75 Å². The number of halogens is 1. The third-order valence-electron chi connectivity index (χ3n) is 4.81. The van der Waals surface area contributed by atoms with E-state index in [0.717, 1.165) is 42.2 Å². The Hall–Kier alpha value is -2.62. The normalized spacial score (nSPS) is 15.4. The lowest BCUT2D eigenvalue weighted by atomic mass is 10.1. The summed E-state index contributed by atoms with van der Waals surface area (Å²) in [5.41, 5.74) is 4.06. The number of phenolic OH excluding ortho intramolecular Hbond substituents is 1. The van der Waals surface area contributed by atoms with Crippen molar-refractivity contribution in [2.24, 2.45) is 0 Å². The molecular weight excluding hydrogens is 356 g/mol. The summed E-state index contributed by atoms with van der Waals surface area (Å²) in [4.78, 5) is 6.96. The minimum absolute atomic E-state index is 0.219. The second-order valence-electron chi connectivity index (χ2n) is 6.81. The van der Waals surface area contributed by atoms with Crippen molar-refractivity contribution in [2.75, 3.05) is 13.1 Å². The Labute approximate surface area is 164 Å². The number of allylic oxidation sites excluding steroid dienone is 1. The highest BCUT2D eigenvalue weighted by atomic mass is 35.5. The number of hydrogen-bond donors (Lipinski definition) is 1. The molecule has 1 N–H and O–H groups in total. The van der Waals surface area contributed by atoms with Crippen LogP contribution < -0.4 is 0 Å². The number of para-hydroxylation sites is 1. The average Bonchev–Trinajstić information content (AvgIpc) is 2.68. The first-order valence-electron chi connectivity index (χ1n) is 9.10. The third-order valence-corrected chi connectivity index (χ3v) is 5.05. The summed E-state index contributed by atoms with van der Waals surface area (Å²) in [5, 5.41) is 11.7. The molecule has 27 heavy (non-hydrogen) atoms. The summed E-state index contributed by atoms with van der Waals surface area (Å²) in [7, 11) is 0. The molecule has 0 amide bonds. The van der Waals surface area contributed by atoms with Crippen LogP contribution in [0.4, 0.5) is 0 Å². The molecule has 4 heteroatoms. The second-order valence-corrected chi connectivity index (χ2v) is 7.25. The van der Waals surface area contributed by atoms with Gasteiger partial charge in [-0.05, 0) is 47.9 Å². The van der Waals surface area contributed by atoms with Crippen LogP contribution in [0.3, 0.4) is 0 Å². The minimum atomic E-state index is 0.219. The van der Waals surface area contributed by atoms with Gasteiger partial charge >= 0.3 is 0 Å². The van der Waals surface area contributed by atoms with E-state index in [2.05, 4.69) is 28.1 Å². The zero-order valence-corrected chi connectivity index (χ0v) is 15.7. The molecule has 0 bridgehead atoms. The molecule has 0 saturated carbocycles. The van der Waals surface area contributed by atoms with Crippen molar-refractivity contribution in [3.05, 3.63) is 88.6 Å². The van der Waals surface area contributed by atoms with E-state index in [0.29, 0.717) is 5.52 Å². The Morgan fingerprint density at radius 2 is 1.96 bits per heavy atom. The van der Waals surface area contributed by atoms with Crippen LogP contribution in [0, 0.1) is 0 Å². The van der Waals surface area contributed by atoms with Gasteiger partial charge in [-0.1, -0.05) is 54.1 Å². The molecule has 1 aliphatic heterocycles. The SMILES string of the molecule is Oc1cccc2ccc(/C=C/C3=CCN(Cc4cccc(Cl)c4)CC3)nc12. The van der Waals surface area contributed by atoms with E-state index >= 15 is 0 Å². The molecule has 136 valence electrons. The van der Waals surface area contributed by atoms with Crippen LogP contribution in [-0.2, 0) is 6.54 Å². The molecule has 0 unspecified atom stereocenters. The minimum Gasteiger partial charge on any atom is -0.506 e. The Bertz CT molecular complexity index is 1030. The maximum Gasteiger partial charge on any atom is 0.141 e. The molecule has 0 atom stereocenters. The van der Waals surface area contributed by atoms with Gasteiger partial charge in [0, 0.05) is 30.0 Å². The molecule has 3 aromatic rings. The van der Waals surface area contributed by atoms with Crippen molar-refractivity contribution in [1.29, 1.82) is 0 Å². The van der Waals surface area contributed by atoms with Crippen molar-refractivity contribution < 1.29 is 5.11 Å². The van der Waals surface area contributed by atoms with Crippen LogP contribution >= 0.6 is 11.6 Å². The summed E-state index contributed by atoms with van der Waals surface area (Å²) in [6.45, 7) is 2.87. The quantitative estimate of drug-likeness (QED) is 0.658. The van der Waals surface area contributed by atoms with Gasteiger partial charge in [0.05, 0.1) is 5.69 Å². The summed E-state index contributed by atoms with van der Waals surface area (Å²) in [5.74, 6) is 0.219. The van der Waals surface area contributed by atoms with Gasteiger partial charge in [0.25, 0.3) is 0 Å². The van der Waals surface area contributed by atoms with E-state index in [1.54, 1.807) is 6.07 Å². The van der Waals surface area contributed by atoms with E-state index in [4.69, 9.17) is 11.6 Å². The van der Waals surface area contributed by atoms with Gasteiger partial charge in [0.1, 0.15) is 11.3 Å². The molecule has 0 aliphatic carbocycles. The van der Waals surface area contributed by atoms with E-state index in [1.807, 2.05) is 48.5 Å². The number of hydrogen-bond acceptors (Lipinski definition) is 3. The number of benzene rings is 2. The van der Waals surface area contributed by atoms with E-state index < -0.39 is 0 Å². The lowest BCUT2D eigenvalue weighted by Gasteiger charge is -2.25. The molecular formula is C23H21ClN2O. The monoisotopic (exact) mass is 376 g/mol. The highest BCUT2D eigenvalue weighted by molar-refractivity contribution is 6.30. The molecule has 0 saturated heterocycles. The molecule has 0 radical (unpaired) electrons. The summed E-state index contributed by atoms with van der Waals surface area (Å²) < 4.78 is 0. The summed E-state index contributed by atoms with van der Waals surface area (Å²) in [6.07, 6.45) is 7.42. The highest BCUT2D eigenvalue weighted by Crippen LogP contribution is 2.23. The Kier molecular flexibility index (Phi) is 5.23. The predicted octanol–water partition coefficient (Wildman–Crippen LogP) is 5.44. The number of fused-ring (bicyclic) bond motifs is 1. The predicted molar refractivity (Wildman–Crippen MR) is 112 cm³/mol. The molecule has 2 aromatic carbocycles. The van der Waals surface area contributed by atoms with Crippen molar-refractivity contribution in [1.82, 2.24) is 9.88 Å². The Balaban J connectivity index is 1.42. The van der Waals surface area contributed by atoms with E-state index in [1.165, 1.54) is 11.1 Å². The van der Waals surface area contributed by atoms with Crippen LogP contribution in [-0.4, -0.2) is 28.1 Å². The first kappa shape index (κ1) is 17.8. The average molecular weight is 377 g/mol. The molecule has 3 nitrogen and oxygen atoms in total. The van der Waals surface area contributed by atoms with Gasteiger partial charge in [0.15, 0.2) is 0 Å². The maximum atomic E-state index is 9.97. The van der Waals surface area contributed by atoms with Gasteiger partial charge < -0.3 is 5.11 Å². The molecule has 0 fully saturated rings. The van der Waals surface area contributed by atoms with Gasteiger partial charge in [-0.3, -0.25) is 4.90 Å². The number of nitrogens with zero attached hydrogens (tertiary/aromatic N) is 2. The summed E-state index contributed by atoms with van der Waals surface area (Å²) >= 11 is 6.07. The van der Waals surface area contributed by atoms with Gasteiger partial charge in [0.2, 0.25) is 0 Å². The highest BCUT2D eigenvalue weighted by Gasteiger charge is 2.11. The standard InChI is InChI=1S/C23H21ClN2O/c24-20-5-1-3-18(15-20)16-26-13-11-17(12-14-26)7-9-21-10-8-19-4-2-6-22(27)23(19)25-21/h1-11,15,27H,12-14,16H2/b9-7+. The zero-order chi connectivity index (χ0) is 18.6. The lowest BCUT2D eigenvalue weighted by molar-refractivity contribution is 0.287. The van der Waals surface area contributed by atoms with Gasteiger partial charge in [-0.25, -0.2) is 4.98 Å². The van der Waals surface area contributed by atoms with Gasteiger partial charge in [-0.15, -0.1) is 0 Å².